The minimum absolute atomic E-state index is 0.0648. The lowest BCUT2D eigenvalue weighted by molar-refractivity contribution is -0.138. The van der Waals surface area contributed by atoms with Gasteiger partial charge in [0.15, 0.2) is 0 Å². The summed E-state index contributed by atoms with van der Waals surface area (Å²) in [5.74, 6) is 0.629. The molecule has 1 saturated carbocycles. The van der Waals surface area contributed by atoms with Gasteiger partial charge in [-0.25, -0.2) is 0 Å². The van der Waals surface area contributed by atoms with Gasteiger partial charge < -0.3 is 15.2 Å². The van der Waals surface area contributed by atoms with Crippen LogP contribution in [0.25, 0.3) is 0 Å². The molecule has 1 atom stereocenters. The molecule has 0 heterocycles. The second-order valence-electron chi connectivity index (χ2n) is 5.42. The Labute approximate surface area is 122 Å². The predicted molar refractivity (Wildman–Crippen MR) is 72.7 cm³/mol. The smallest absolute Gasteiger partial charge is 0.389 e. The topological polar surface area (TPSA) is 41.5 Å². The zero-order chi connectivity index (χ0) is 15.3. The number of alkyl halides is 3. The molecule has 2 N–H and O–H groups in total. The normalized spacial score (nSPS) is 17.0. The van der Waals surface area contributed by atoms with Crippen molar-refractivity contribution in [1.29, 1.82) is 0 Å². The minimum atomic E-state index is -4.36. The maximum Gasteiger partial charge on any atom is 0.416 e. The van der Waals surface area contributed by atoms with Crippen LogP contribution in [0, 0.1) is 5.92 Å². The first-order valence-electron chi connectivity index (χ1n) is 7.08. The van der Waals surface area contributed by atoms with Crippen LogP contribution in [0.5, 0.6) is 0 Å². The predicted octanol–water partition coefficient (Wildman–Crippen LogP) is 2.58. The summed E-state index contributed by atoms with van der Waals surface area (Å²) in [7, 11) is 0. The Morgan fingerprint density at radius 1 is 1.29 bits per heavy atom. The zero-order valence-electron chi connectivity index (χ0n) is 11.7. The van der Waals surface area contributed by atoms with Gasteiger partial charge in [0.25, 0.3) is 0 Å². The van der Waals surface area contributed by atoms with Crippen LogP contribution in [-0.2, 0) is 17.5 Å². The molecule has 1 aromatic carbocycles. The van der Waals surface area contributed by atoms with E-state index in [4.69, 9.17) is 4.74 Å². The summed E-state index contributed by atoms with van der Waals surface area (Å²) in [5, 5.41) is 12.5. The highest BCUT2D eigenvalue weighted by atomic mass is 19.4. The Morgan fingerprint density at radius 2 is 2.00 bits per heavy atom. The van der Waals surface area contributed by atoms with Crippen molar-refractivity contribution in [2.75, 3.05) is 19.8 Å². The molecule has 21 heavy (non-hydrogen) atoms. The Balaban J connectivity index is 1.72. The fraction of sp³-hybridized carbons (Fsp3) is 0.600. The minimum Gasteiger partial charge on any atom is -0.389 e. The molecule has 3 nitrogen and oxygen atoms in total. The van der Waals surface area contributed by atoms with Crippen LogP contribution >= 0.6 is 0 Å². The average Bonchev–Trinajstić information content (AvgIpc) is 3.22. The van der Waals surface area contributed by atoms with Crippen molar-refractivity contribution < 1.29 is 23.0 Å². The Morgan fingerprint density at radius 3 is 2.67 bits per heavy atom. The van der Waals surface area contributed by atoms with Crippen molar-refractivity contribution in [2.45, 2.75) is 31.7 Å². The van der Waals surface area contributed by atoms with Gasteiger partial charge in [0, 0.05) is 19.7 Å². The van der Waals surface area contributed by atoms with Crippen molar-refractivity contribution in [2.24, 2.45) is 5.92 Å². The lowest BCUT2D eigenvalue weighted by Gasteiger charge is -2.15. The second kappa shape index (κ2) is 7.24. The number of halogens is 3. The molecule has 0 aromatic heterocycles. The fourth-order valence-electron chi connectivity index (χ4n) is 2.04. The maximum atomic E-state index is 12.8. The summed E-state index contributed by atoms with van der Waals surface area (Å²) in [6, 6.07) is 5.44. The van der Waals surface area contributed by atoms with E-state index in [0.717, 1.165) is 6.07 Å². The lowest BCUT2D eigenvalue weighted by atomic mass is 10.1. The number of ether oxygens (including phenoxy) is 1. The van der Waals surface area contributed by atoms with Crippen LogP contribution in [0.2, 0.25) is 0 Å². The molecule has 1 aliphatic rings. The highest BCUT2D eigenvalue weighted by Gasteiger charge is 2.32. The van der Waals surface area contributed by atoms with Gasteiger partial charge in [-0.05, 0) is 30.4 Å². The van der Waals surface area contributed by atoms with E-state index >= 15 is 0 Å². The summed E-state index contributed by atoms with van der Waals surface area (Å²) >= 11 is 0. The van der Waals surface area contributed by atoms with Crippen molar-refractivity contribution in [3.8, 4) is 0 Å². The fourth-order valence-corrected chi connectivity index (χ4v) is 2.04. The van der Waals surface area contributed by atoms with Gasteiger partial charge in [-0.3, -0.25) is 0 Å². The van der Waals surface area contributed by atoms with Crippen LogP contribution in [0.3, 0.4) is 0 Å². The van der Waals surface area contributed by atoms with E-state index in [-0.39, 0.29) is 25.3 Å². The number of rotatable bonds is 8. The highest BCUT2D eigenvalue weighted by molar-refractivity contribution is 5.29. The average molecular weight is 303 g/mol. The molecule has 1 aliphatic carbocycles. The van der Waals surface area contributed by atoms with E-state index in [1.165, 1.54) is 25.0 Å². The van der Waals surface area contributed by atoms with Crippen molar-refractivity contribution >= 4 is 0 Å². The first-order valence-corrected chi connectivity index (χ1v) is 7.08. The third kappa shape index (κ3) is 5.65. The van der Waals surface area contributed by atoms with Crippen LogP contribution in [0.15, 0.2) is 24.3 Å². The zero-order valence-corrected chi connectivity index (χ0v) is 11.7. The molecule has 0 radical (unpaired) electrons. The Bertz CT molecular complexity index is 447. The van der Waals surface area contributed by atoms with Crippen molar-refractivity contribution in [3.63, 3.8) is 0 Å². The standard InChI is InChI=1S/C15H20F3NO2/c16-15(17,18)14-4-2-1-3-12(14)7-19-8-13(20)10-21-9-11-5-6-11/h1-4,11,13,19-20H,5-10H2. The molecule has 0 saturated heterocycles. The number of benzene rings is 1. The van der Waals surface area contributed by atoms with Gasteiger partial charge in [0.2, 0.25) is 0 Å². The monoisotopic (exact) mass is 303 g/mol. The van der Waals surface area contributed by atoms with Crippen LogP contribution in [0.4, 0.5) is 13.2 Å². The molecule has 0 aliphatic heterocycles. The van der Waals surface area contributed by atoms with Crippen LogP contribution < -0.4 is 5.32 Å². The molecule has 118 valence electrons. The summed E-state index contributed by atoms with van der Waals surface area (Å²) in [6.45, 7) is 1.14. The van der Waals surface area contributed by atoms with Gasteiger partial charge in [-0.1, -0.05) is 18.2 Å². The summed E-state index contributed by atoms with van der Waals surface area (Å²) in [6.07, 6.45) is -2.70. The molecular formula is C15H20F3NO2. The highest BCUT2D eigenvalue weighted by Crippen LogP contribution is 2.31. The molecule has 1 fully saturated rings. The summed E-state index contributed by atoms with van der Waals surface area (Å²) in [4.78, 5) is 0. The Kier molecular flexibility index (Phi) is 5.61. The second-order valence-corrected chi connectivity index (χ2v) is 5.42. The van der Waals surface area contributed by atoms with Gasteiger partial charge in [0.1, 0.15) is 0 Å². The largest absolute Gasteiger partial charge is 0.416 e. The number of hydrogen-bond acceptors (Lipinski definition) is 3. The number of aliphatic hydroxyl groups is 1. The SMILES string of the molecule is OC(CNCc1ccccc1C(F)(F)F)COCC1CC1. The van der Waals surface area contributed by atoms with Gasteiger partial charge in [-0.15, -0.1) is 0 Å². The number of hydrogen-bond donors (Lipinski definition) is 2. The van der Waals surface area contributed by atoms with Gasteiger partial charge in [-0.2, -0.15) is 13.2 Å². The van der Waals surface area contributed by atoms with Crippen LogP contribution in [-0.4, -0.2) is 31.0 Å². The molecule has 0 amide bonds. The maximum absolute atomic E-state index is 12.8. The molecular weight excluding hydrogens is 283 g/mol. The van der Waals surface area contributed by atoms with E-state index in [9.17, 15) is 18.3 Å². The molecule has 0 spiro atoms. The van der Waals surface area contributed by atoms with Gasteiger partial charge >= 0.3 is 6.18 Å². The molecule has 1 unspecified atom stereocenters. The summed E-state index contributed by atoms with van der Waals surface area (Å²) < 4.78 is 43.7. The van der Waals surface area contributed by atoms with E-state index in [0.29, 0.717) is 12.5 Å². The first-order chi connectivity index (χ1) is 9.97. The van der Waals surface area contributed by atoms with E-state index in [2.05, 4.69) is 5.32 Å². The lowest BCUT2D eigenvalue weighted by Crippen LogP contribution is -2.31. The molecule has 1 aromatic rings. The third-order valence-corrected chi connectivity index (χ3v) is 3.38. The van der Waals surface area contributed by atoms with E-state index in [1.807, 2.05) is 0 Å². The number of nitrogens with one attached hydrogen (secondary N) is 1. The van der Waals surface area contributed by atoms with Gasteiger partial charge in [0.05, 0.1) is 18.3 Å². The first kappa shape index (κ1) is 16.3. The Hall–Kier alpha value is -1.11. The van der Waals surface area contributed by atoms with E-state index < -0.39 is 17.8 Å². The van der Waals surface area contributed by atoms with Crippen molar-refractivity contribution in [1.82, 2.24) is 5.32 Å². The third-order valence-electron chi connectivity index (χ3n) is 3.38. The quantitative estimate of drug-likeness (QED) is 0.775. The van der Waals surface area contributed by atoms with Crippen molar-refractivity contribution in [3.05, 3.63) is 35.4 Å². The molecule has 6 heteroatoms. The van der Waals surface area contributed by atoms with E-state index in [1.54, 1.807) is 6.07 Å². The summed E-state index contributed by atoms with van der Waals surface area (Å²) in [5.41, 5.74) is -0.465. The van der Waals surface area contributed by atoms with Crippen LogP contribution in [0.1, 0.15) is 24.0 Å². The molecule has 0 bridgehead atoms. The molecule has 2 rings (SSSR count). The number of aliphatic hydroxyl groups excluding tert-OH is 1.